The first-order valence-electron chi connectivity index (χ1n) is 4.62. The molecule has 5 nitrogen and oxygen atoms in total. The van der Waals surface area contributed by atoms with E-state index in [9.17, 15) is 9.59 Å². The Labute approximate surface area is 90.4 Å². The topological polar surface area (TPSA) is 70.5 Å². The number of carboxylic acids is 1. The normalized spacial score (nSPS) is 16.0. The van der Waals surface area contributed by atoms with Crippen molar-refractivity contribution in [2.24, 2.45) is 0 Å². The molecule has 1 saturated heterocycles. The molecule has 0 saturated carbocycles. The number of carbonyl (C=O) groups excluding carboxylic acids is 1. The standard InChI is InChI=1S/C9H10N2O3S/c12-8-2-1-3-11(8)4-7-10-6(5-15-7)9(13)14/h5H,1-4H2,(H,13,14). The second-order valence-electron chi connectivity index (χ2n) is 3.35. The second-order valence-corrected chi connectivity index (χ2v) is 4.29. The first-order chi connectivity index (χ1) is 7.16. The summed E-state index contributed by atoms with van der Waals surface area (Å²) in [6, 6.07) is 0. The second kappa shape index (κ2) is 3.98. The van der Waals surface area contributed by atoms with E-state index >= 15 is 0 Å². The molecule has 1 N–H and O–H groups in total. The van der Waals surface area contributed by atoms with Crippen molar-refractivity contribution in [2.75, 3.05) is 6.54 Å². The van der Waals surface area contributed by atoms with Crippen LogP contribution >= 0.6 is 11.3 Å². The lowest BCUT2D eigenvalue weighted by molar-refractivity contribution is -0.128. The minimum atomic E-state index is -1.02. The number of hydrogen-bond acceptors (Lipinski definition) is 4. The van der Waals surface area contributed by atoms with Gasteiger partial charge in [-0.1, -0.05) is 0 Å². The van der Waals surface area contributed by atoms with Crippen molar-refractivity contribution in [3.63, 3.8) is 0 Å². The van der Waals surface area contributed by atoms with Crippen LogP contribution in [0.4, 0.5) is 0 Å². The predicted octanol–water partition coefficient (Wildman–Crippen LogP) is 0.964. The molecule has 1 aromatic rings. The summed E-state index contributed by atoms with van der Waals surface area (Å²) in [5.41, 5.74) is 0.0571. The zero-order valence-corrected chi connectivity index (χ0v) is 8.79. The predicted molar refractivity (Wildman–Crippen MR) is 53.7 cm³/mol. The molecule has 0 unspecified atom stereocenters. The number of aromatic nitrogens is 1. The molecule has 1 aliphatic heterocycles. The molecule has 2 rings (SSSR count). The van der Waals surface area contributed by atoms with Crippen molar-refractivity contribution in [3.8, 4) is 0 Å². The van der Waals surface area contributed by atoms with Crippen LogP contribution in [0.2, 0.25) is 0 Å². The van der Waals surface area contributed by atoms with Gasteiger partial charge in [0, 0.05) is 18.3 Å². The van der Waals surface area contributed by atoms with Gasteiger partial charge in [-0.2, -0.15) is 0 Å². The number of aromatic carboxylic acids is 1. The maximum Gasteiger partial charge on any atom is 0.355 e. The molecule has 1 amide bonds. The minimum Gasteiger partial charge on any atom is -0.476 e. The van der Waals surface area contributed by atoms with Crippen molar-refractivity contribution >= 4 is 23.2 Å². The van der Waals surface area contributed by atoms with Crippen LogP contribution in [0.15, 0.2) is 5.38 Å². The highest BCUT2D eigenvalue weighted by atomic mass is 32.1. The molecule has 0 aromatic carbocycles. The summed E-state index contributed by atoms with van der Waals surface area (Å²) in [7, 11) is 0. The van der Waals surface area contributed by atoms with Crippen LogP contribution in [0.3, 0.4) is 0 Å². The van der Waals surface area contributed by atoms with Crippen molar-refractivity contribution in [2.45, 2.75) is 19.4 Å². The molecular formula is C9H10N2O3S. The highest BCUT2D eigenvalue weighted by Crippen LogP contribution is 2.17. The van der Waals surface area contributed by atoms with E-state index in [1.807, 2.05) is 0 Å². The Kier molecular flexibility index (Phi) is 2.68. The maximum atomic E-state index is 11.3. The molecule has 0 aliphatic carbocycles. The van der Waals surface area contributed by atoms with E-state index in [1.165, 1.54) is 16.7 Å². The number of likely N-dealkylation sites (tertiary alicyclic amines) is 1. The third-order valence-electron chi connectivity index (χ3n) is 2.27. The minimum absolute atomic E-state index is 0.0571. The van der Waals surface area contributed by atoms with E-state index in [2.05, 4.69) is 4.98 Å². The van der Waals surface area contributed by atoms with Gasteiger partial charge < -0.3 is 10.0 Å². The van der Waals surface area contributed by atoms with Crippen LogP contribution in [0, 0.1) is 0 Å². The average Bonchev–Trinajstić information content (AvgIpc) is 2.77. The molecular weight excluding hydrogens is 216 g/mol. The van der Waals surface area contributed by atoms with Gasteiger partial charge in [0.2, 0.25) is 5.91 Å². The van der Waals surface area contributed by atoms with Crippen molar-refractivity contribution in [1.29, 1.82) is 0 Å². The molecule has 1 aromatic heterocycles. The van der Waals surface area contributed by atoms with E-state index < -0.39 is 5.97 Å². The van der Waals surface area contributed by atoms with E-state index in [0.717, 1.165) is 13.0 Å². The average molecular weight is 226 g/mol. The molecule has 0 radical (unpaired) electrons. The van der Waals surface area contributed by atoms with Gasteiger partial charge in [-0.05, 0) is 6.42 Å². The molecule has 1 fully saturated rings. The van der Waals surface area contributed by atoms with Gasteiger partial charge >= 0.3 is 5.97 Å². The molecule has 1 aliphatic rings. The highest BCUT2D eigenvalue weighted by Gasteiger charge is 2.21. The quantitative estimate of drug-likeness (QED) is 0.833. The van der Waals surface area contributed by atoms with Crippen LogP contribution in [0.25, 0.3) is 0 Å². The van der Waals surface area contributed by atoms with Crippen molar-refractivity contribution in [3.05, 3.63) is 16.1 Å². The van der Waals surface area contributed by atoms with Gasteiger partial charge in [0.25, 0.3) is 0 Å². The van der Waals surface area contributed by atoms with Gasteiger partial charge in [-0.25, -0.2) is 9.78 Å². The van der Waals surface area contributed by atoms with Gasteiger partial charge in [0.1, 0.15) is 5.01 Å². The maximum absolute atomic E-state index is 11.3. The lowest BCUT2D eigenvalue weighted by atomic mass is 10.4. The summed E-state index contributed by atoms with van der Waals surface area (Å²) in [5.74, 6) is -0.896. The fourth-order valence-corrected chi connectivity index (χ4v) is 2.30. The molecule has 0 spiro atoms. The molecule has 80 valence electrons. The highest BCUT2D eigenvalue weighted by molar-refractivity contribution is 7.09. The molecule has 6 heteroatoms. The van der Waals surface area contributed by atoms with Gasteiger partial charge in [0.15, 0.2) is 5.69 Å². The van der Waals surface area contributed by atoms with Crippen molar-refractivity contribution < 1.29 is 14.7 Å². The van der Waals surface area contributed by atoms with Gasteiger partial charge in [0.05, 0.1) is 6.54 Å². The van der Waals surface area contributed by atoms with Crippen LogP contribution in [-0.4, -0.2) is 33.4 Å². The van der Waals surface area contributed by atoms with Crippen LogP contribution in [-0.2, 0) is 11.3 Å². The monoisotopic (exact) mass is 226 g/mol. The SMILES string of the molecule is O=C(O)c1csc(CN2CCCC2=O)n1. The molecule has 0 atom stereocenters. The largest absolute Gasteiger partial charge is 0.476 e. The van der Waals surface area contributed by atoms with Gasteiger partial charge in [-0.15, -0.1) is 11.3 Å². The molecule has 0 bridgehead atoms. The summed E-state index contributed by atoms with van der Waals surface area (Å²) in [4.78, 5) is 27.5. The Bertz CT molecular complexity index is 402. The fourth-order valence-electron chi connectivity index (χ4n) is 1.52. The Morgan fingerprint density at radius 1 is 1.67 bits per heavy atom. The number of carboxylic acid groups (broad SMARTS) is 1. The number of thiazole rings is 1. The summed E-state index contributed by atoms with van der Waals surface area (Å²) in [5, 5.41) is 10.9. The molecule has 15 heavy (non-hydrogen) atoms. The Morgan fingerprint density at radius 3 is 3.00 bits per heavy atom. The first kappa shape index (κ1) is 10.1. The number of rotatable bonds is 3. The Morgan fingerprint density at radius 2 is 2.47 bits per heavy atom. The van der Waals surface area contributed by atoms with E-state index in [1.54, 1.807) is 4.90 Å². The van der Waals surface area contributed by atoms with Crippen LogP contribution < -0.4 is 0 Å². The fraction of sp³-hybridized carbons (Fsp3) is 0.444. The lowest BCUT2D eigenvalue weighted by Gasteiger charge is -2.12. The Balaban J connectivity index is 2.04. The summed E-state index contributed by atoms with van der Waals surface area (Å²) >= 11 is 1.28. The zero-order chi connectivity index (χ0) is 10.8. The number of carbonyl (C=O) groups is 2. The van der Waals surface area contributed by atoms with E-state index in [-0.39, 0.29) is 11.6 Å². The lowest BCUT2D eigenvalue weighted by Crippen LogP contribution is -2.23. The third kappa shape index (κ3) is 2.15. The summed E-state index contributed by atoms with van der Waals surface area (Å²) in [6.45, 7) is 1.19. The number of amides is 1. The number of hydrogen-bond donors (Lipinski definition) is 1. The van der Waals surface area contributed by atoms with Crippen LogP contribution in [0.5, 0.6) is 0 Å². The Hall–Kier alpha value is -1.43. The third-order valence-corrected chi connectivity index (χ3v) is 3.10. The first-order valence-corrected chi connectivity index (χ1v) is 5.50. The van der Waals surface area contributed by atoms with Crippen LogP contribution in [0.1, 0.15) is 28.3 Å². The smallest absolute Gasteiger partial charge is 0.355 e. The van der Waals surface area contributed by atoms with Gasteiger partial charge in [-0.3, -0.25) is 4.79 Å². The zero-order valence-electron chi connectivity index (χ0n) is 7.97. The van der Waals surface area contributed by atoms with Crippen molar-refractivity contribution in [1.82, 2.24) is 9.88 Å². The summed E-state index contributed by atoms with van der Waals surface area (Å²) < 4.78 is 0. The molecule has 2 heterocycles. The number of nitrogens with zero attached hydrogens (tertiary/aromatic N) is 2. The van der Waals surface area contributed by atoms with E-state index in [4.69, 9.17) is 5.11 Å². The summed E-state index contributed by atoms with van der Waals surface area (Å²) in [6.07, 6.45) is 1.48. The van der Waals surface area contributed by atoms with E-state index in [0.29, 0.717) is 18.0 Å².